The molecule has 2 rings (SSSR count). The predicted octanol–water partition coefficient (Wildman–Crippen LogP) is 4.10. The number of aromatic nitrogens is 2. The standard InChI is InChI=1S/C10H5Cl3N2/c11-6-1-2-7(8(12)3-6)9-4-15-10(13)5-14-9/h1-5H. The third-order valence-electron chi connectivity index (χ3n) is 1.83. The maximum atomic E-state index is 6.02. The van der Waals surface area contributed by atoms with Gasteiger partial charge in [0.2, 0.25) is 0 Å². The molecule has 0 aliphatic rings. The van der Waals surface area contributed by atoms with Crippen LogP contribution in [0.4, 0.5) is 0 Å². The molecule has 0 amide bonds. The van der Waals surface area contributed by atoms with E-state index >= 15 is 0 Å². The van der Waals surface area contributed by atoms with Crippen LogP contribution in [0.15, 0.2) is 30.6 Å². The van der Waals surface area contributed by atoms with E-state index in [1.54, 1.807) is 24.4 Å². The Labute approximate surface area is 102 Å². The van der Waals surface area contributed by atoms with Crippen LogP contribution >= 0.6 is 34.8 Å². The van der Waals surface area contributed by atoms with Crippen LogP contribution in [0.3, 0.4) is 0 Å². The molecule has 2 nitrogen and oxygen atoms in total. The van der Waals surface area contributed by atoms with Crippen LogP contribution in [0, 0.1) is 0 Å². The lowest BCUT2D eigenvalue weighted by Gasteiger charge is -2.03. The van der Waals surface area contributed by atoms with E-state index in [-0.39, 0.29) is 0 Å². The van der Waals surface area contributed by atoms with Crippen LogP contribution in [0.2, 0.25) is 15.2 Å². The zero-order valence-corrected chi connectivity index (χ0v) is 9.68. The van der Waals surface area contributed by atoms with E-state index in [1.165, 1.54) is 6.20 Å². The van der Waals surface area contributed by atoms with Crippen LogP contribution in [-0.2, 0) is 0 Å². The Hall–Kier alpha value is -0.830. The highest BCUT2D eigenvalue weighted by Crippen LogP contribution is 2.28. The SMILES string of the molecule is Clc1ccc(-c2cnc(Cl)cn2)c(Cl)c1. The summed E-state index contributed by atoms with van der Waals surface area (Å²) in [7, 11) is 0. The highest BCUT2D eigenvalue weighted by atomic mass is 35.5. The van der Waals surface area contributed by atoms with Gasteiger partial charge in [-0.25, -0.2) is 4.98 Å². The van der Waals surface area contributed by atoms with Gasteiger partial charge in [0, 0.05) is 10.6 Å². The summed E-state index contributed by atoms with van der Waals surface area (Å²) in [6, 6.07) is 5.20. The molecule has 1 aromatic heterocycles. The first kappa shape index (κ1) is 10.7. The third kappa shape index (κ3) is 2.40. The summed E-state index contributed by atoms with van der Waals surface area (Å²) < 4.78 is 0. The first-order valence-corrected chi connectivity index (χ1v) is 5.23. The Bertz CT molecular complexity index is 483. The minimum atomic E-state index is 0.351. The molecule has 0 N–H and O–H groups in total. The Kier molecular flexibility index (Phi) is 3.10. The number of rotatable bonds is 1. The number of hydrogen-bond donors (Lipinski definition) is 0. The molecular weight excluding hydrogens is 254 g/mol. The van der Waals surface area contributed by atoms with Gasteiger partial charge in [0.25, 0.3) is 0 Å². The first-order valence-electron chi connectivity index (χ1n) is 4.10. The van der Waals surface area contributed by atoms with Crippen molar-refractivity contribution in [2.45, 2.75) is 0 Å². The van der Waals surface area contributed by atoms with Crippen LogP contribution in [0.1, 0.15) is 0 Å². The molecule has 0 saturated carbocycles. The second-order valence-corrected chi connectivity index (χ2v) is 4.08. The first-order chi connectivity index (χ1) is 7.16. The molecule has 0 aliphatic carbocycles. The average Bonchev–Trinajstić information content (AvgIpc) is 2.20. The van der Waals surface area contributed by atoms with E-state index < -0.39 is 0 Å². The maximum Gasteiger partial charge on any atom is 0.147 e. The monoisotopic (exact) mass is 258 g/mol. The predicted molar refractivity (Wildman–Crippen MR) is 62.5 cm³/mol. The molecule has 0 spiro atoms. The lowest BCUT2D eigenvalue weighted by Crippen LogP contribution is -1.86. The summed E-state index contributed by atoms with van der Waals surface area (Å²) in [4.78, 5) is 8.05. The fraction of sp³-hybridized carbons (Fsp3) is 0. The molecule has 0 unspecified atom stereocenters. The van der Waals surface area contributed by atoms with Crippen molar-refractivity contribution in [1.29, 1.82) is 0 Å². The Balaban J connectivity index is 2.49. The second-order valence-electron chi connectivity index (χ2n) is 2.85. The van der Waals surface area contributed by atoms with Gasteiger partial charge in [0.05, 0.1) is 23.1 Å². The summed E-state index contributed by atoms with van der Waals surface area (Å²) in [5.41, 5.74) is 1.45. The lowest BCUT2D eigenvalue weighted by atomic mass is 10.2. The molecule has 0 bridgehead atoms. The van der Waals surface area contributed by atoms with Gasteiger partial charge in [-0.3, -0.25) is 4.98 Å². The van der Waals surface area contributed by atoms with Crippen molar-refractivity contribution in [2.75, 3.05) is 0 Å². The van der Waals surface area contributed by atoms with Gasteiger partial charge in [-0.2, -0.15) is 0 Å². The molecule has 1 aromatic carbocycles. The van der Waals surface area contributed by atoms with Gasteiger partial charge in [-0.15, -0.1) is 0 Å². The summed E-state index contributed by atoms with van der Waals surface area (Å²) in [5.74, 6) is 0. The number of benzene rings is 1. The molecule has 5 heteroatoms. The van der Waals surface area contributed by atoms with Crippen molar-refractivity contribution >= 4 is 34.8 Å². The molecule has 0 saturated heterocycles. The minimum absolute atomic E-state index is 0.351. The summed E-state index contributed by atoms with van der Waals surface area (Å²) in [6.07, 6.45) is 3.04. The van der Waals surface area contributed by atoms with Gasteiger partial charge in [-0.1, -0.05) is 34.8 Å². The van der Waals surface area contributed by atoms with Crippen LogP contribution in [-0.4, -0.2) is 9.97 Å². The highest BCUT2D eigenvalue weighted by Gasteiger charge is 2.05. The van der Waals surface area contributed by atoms with Crippen molar-refractivity contribution in [3.05, 3.63) is 45.8 Å². The number of hydrogen-bond acceptors (Lipinski definition) is 2. The molecule has 1 heterocycles. The van der Waals surface area contributed by atoms with Gasteiger partial charge < -0.3 is 0 Å². The average molecular weight is 260 g/mol. The summed E-state index contributed by atoms with van der Waals surface area (Å²) in [5, 5.41) is 1.48. The molecule has 2 aromatic rings. The third-order valence-corrected chi connectivity index (χ3v) is 2.57. The number of halogens is 3. The smallest absolute Gasteiger partial charge is 0.147 e. The molecule has 0 fully saturated rings. The fourth-order valence-electron chi connectivity index (χ4n) is 1.15. The Morgan fingerprint density at radius 2 is 1.73 bits per heavy atom. The number of nitrogens with zero attached hydrogens (tertiary/aromatic N) is 2. The van der Waals surface area contributed by atoms with Crippen LogP contribution in [0.25, 0.3) is 11.3 Å². The van der Waals surface area contributed by atoms with E-state index in [0.717, 1.165) is 5.56 Å². The molecule has 0 aliphatic heterocycles. The zero-order valence-electron chi connectivity index (χ0n) is 7.42. The maximum absolute atomic E-state index is 6.02. The van der Waals surface area contributed by atoms with Crippen molar-refractivity contribution in [2.24, 2.45) is 0 Å². The largest absolute Gasteiger partial charge is 0.251 e. The van der Waals surface area contributed by atoms with Crippen LogP contribution in [0.5, 0.6) is 0 Å². The van der Waals surface area contributed by atoms with Crippen molar-refractivity contribution in [3.8, 4) is 11.3 Å². The highest BCUT2D eigenvalue weighted by molar-refractivity contribution is 6.36. The van der Waals surface area contributed by atoms with Crippen molar-refractivity contribution in [1.82, 2.24) is 9.97 Å². The van der Waals surface area contributed by atoms with E-state index in [9.17, 15) is 0 Å². The Morgan fingerprint density at radius 1 is 0.933 bits per heavy atom. The molecule has 0 atom stereocenters. The second kappa shape index (κ2) is 4.35. The topological polar surface area (TPSA) is 25.8 Å². The van der Waals surface area contributed by atoms with Gasteiger partial charge >= 0.3 is 0 Å². The van der Waals surface area contributed by atoms with E-state index in [0.29, 0.717) is 20.9 Å². The quantitative estimate of drug-likeness (QED) is 0.770. The summed E-state index contributed by atoms with van der Waals surface area (Å²) >= 11 is 17.4. The fourth-order valence-corrected chi connectivity index (χ4v) is 1.75. The molecule has 0 radical (unpaired) electrons. The molecular formula is C10H5Cl3N2. The normalized spacial score (nSPS) is 10.3. The van der Waals surface area contributed by atoms with Gasteiger partial charge in [0.1, 0.15) is 5.15 Å². The van der Waals surface area contributed by atoms with E-state index in [1.807, 2.05) is 0 Å². The van der Waals surface area contributed by atoms with Crippen molar-refractivity contribution in [3.63, 3.8) is 0 Å². The lowest BCUT2D eigenvalue weighted by molar-refractivity contribution is 1.21. The Morgan fingerprint density at radius 3 is 2.33 bits per heavy atom. The van der Waals surface area contributed by atoms with E-state index in [2.05, 4.69) is 9.97 Å². The molecule has 15 heavy (non-hydrogen) atoms. The summed E-state index contributed by atoms with van der Waals surface area (Å²) in [6.45, 7) is 0. The van der Waals surface area contributed by atoms with Gasteiger partial charge in [-0.05, 0) is 18.2 Å². The minimum Gasteiger partial charge on any atom is -0.251 e. The van der Waals surface area contributed by atoms with Gasteiger partial charge in [0.15, 0.2) is 0 Å². The zero-order chi connectivity index (χ0) is 10.8. The van der Waals surface area contributed by atoms with E-state index in [4.69, 9.17) is 34.8 Å². The molecule has 76 valence electrons. The van der Waals surface area contributed by atoms with Crippen molar-refractivity contribution < 1.29 is 0 Å². The van der Waals surface area contributed by atoms with Crippen LogP contribution < -0.4 is 0 Å².